The van der Waals surface area contributed by atoms with Gasteiger partial charge in [-0.1, -0.05) is 55.5 Å². The Morgan fingerprint density at radius 1 is 0.921 bits per heavy atom. The summed E-state index contributed by atoms with van der Waals surface area (Å²) in [5.74, 6) is -2.95. The molecular formula is C30H37NO7. The second-order valence-corrected chi connectivity index (χ2v) is 10.8. The molecule has 0 aliphatic heterocycles. The molecule has 0 radical (unpaired) electrons. The topological polar surface area (TPSA) is 119 Å². The highest BCUT2D eigenvalue weighted by Gasteiger charge is 2.29. The molecule has 8 nitrogen and oxygen atoms in total. The number of carboxylic acids is 1. The fourth-order valence-corrected chi connectivity index (χ4v) is 4.67. The molecule has 1 aliphatic carbocycles. The number of ketones is 1. The summed E-state index contributed by atoms with van der Waals surface area (Å²) < 4.78 is 10.7. The zero-order valence-electron chi connectivity index (χ0n) is 22.5. The fraction of sp³-hybridized carbons (Fsp3) is 0.467. The van der Waals surface area contributed by atoms with Gasteiger partial charge in [-0.25, -0.2) is 4.79 Å². The number of hydrogen-bond acceptors (Lipinski definition) is 6. The van der Waals surface area contributed by atoms with Crippen molar-refractivity contribution in [3.05, 3.63) is 59.7 Å². The minimum absolute atomic E-state index is 0.0000954. The van der Waals surface area contributed by atoms with Gasteiger partial charge >= 0.3 is 18.0 Å². The van der Waals surface area contributed by atoms with Crippen molar-refractivity contribution in [3.8, 4) is 11.1 Å². The number of esters is 1. The van der Waals surface area contributed by atoms with Gasteiger partial charge in [0.1, 0.15) is 12.2 Å². The molecule has 1 aliphatic rings. The molecule has 0 bridgehead atoms. The van der Waals surface area contributed by atoms with E-state index in [1.807, 2.05) is 36.4 Å². The van der Waals surface area contributed by atoms with Crippen molar-refractivity contribution in [2.24, 2.45) is 11.8 Å². The van der Waals surface area contributed by atoms with Gasteiger partial charge in [-0.05, 0) is 62.3 Å². The molecule has 8 heteroatoms. The highest BCUT2D eigenvalue weighted by atomic mass is 16.6. The minimum atomic E-state index is -1.01. The standard InChI is InChI=1S/C30H37NO7/c1-19(13-14-20(28(34)35)15-16-27(33)38-30(2,3)4)26(32)17-31-29(36)37-18-25-23-11-7-5-9-21(23)22-10-6-8-12-24(22)25/h5-12,19-20,25H,13-18H2,1-4H3,(H,31,36)(H,34,35). The third kappa shape index (κ3) is 7.91. The maximum atomic E-state index is 12.5. The first-order chi connectivity index (χ1) is 18.0. The van der Waals surface area contributed by atoms with Crippen molar-refractivity contribution in [2.45, 2.75) is 64.9 Å². The van der Waals surface area contributed by atoms with Gasteiger partial charge in [-0.15, -0.1) is 0 Å². The van der Waals surface area contributed by atoms with Crippen LogP contribution in [0.3, 0.4) is 0 Å². The Morgan fingerprint density at radius 3 is 2.05 bits per heavy atom. The van der Waals surface area contributed by atoms with Crippen molar-refractivity contribution < 1.29 is 33.8 Å². The van der Waals surface area contributed by atoms with Gasteiger partial charge in [0.25, 0.3) is 0 Å². The number of nitrogens with one attached hydrogen (secondary N) is 1. The molecule has 0 fully saturated rings. The number of ether oxygens (including phenoxy) is 2. The van der Waals surface area contributed by atoms with Crippen LogP contribution in [0.4, 0.5) is 4.79 Å². The normalized spacial score (nSPS) is 14.1. The highest BCUT2D eigenvalue weighted by Crippen LogP contribution is 2.44. The molecule has 204 valence electrons. The molecule has 2 aromatic rings. The molecule has 2 unspecified atom stereocenters. The van der Waals surface area contributed by atoms with Gasteiger partial charge in [0, 0.05) is 18.3 Å². The summed E-state index contributed by atoms with van der Waals surface area (Å²) in [7, 11) is 0. The molecule has 2 N–H and O–H groups in total. The van der Waals surface area contributed by atoms with Gasteiger partial charge in [0.05, 0.1) is 12.5 Å². The first-order valence-corrected chi connectivity index (χ1v) is 13.0. The number of amides is 1. The maximum absolute atomic E-state index is 12.5. The molecule has 0 saturated carbocycles. The van der Waals surface area contributed by atoms with Crippen LogP contribution in [0.25, 0.3) is 11.1 Å². The summed E-state index contributed by atoms with van der Waals surface area (Å²) >= 11 is 0. The SMILES string of the molecule is CC(CCC(CCC(=O)OC(C)(C)C)C(=O)O)C(=O)CNC(=O)OCC1c2ccccc2-c2ccccc21. The van der Waals surface area contributed by atoms with Crippen LogP contribution in [0, 0.1) is 11.8 Å². The summed E-state index contributed by atoms with van der Waals surface area (Å²) in [6.45, 7) is 6.92. The molecule has 0 saturated heterocycles. The predicted molar refractivity (Wildman–Crippen MR) is 143 cm³/mol. The number of hydrogen-bond donors (Lipinski definition) is 2. The lowest BCUT2D eigenvalue weighted by molar-refractivity contribution is -0.155. The summed E-state index contributed by atoms with van der Waals surface area (Å²) in [6, 6.07) is 16.1. The van der Waals surface area contributed by atoms with E-state index in [4.69, 9.17) is 9.47 Å². The van der Waals surface area contributed by atoms with Gasteiger partial charge in [-0.2, -0.15) is 0 Å². The van der Waals surface area contributed by atoms with Crippen molar-refractivity contribution in [2.75, 3.05) is 13.2 Å². The zero-order valence-corrected chi connectivity index (χ0v) is 22.5. The second kappa shape index (κ2) is 12.7. The maximum Gasteiger partial charge on any atom is 0.407 e. The lowest BCUT2D eigenvalue weighted by Gasteiger charge is -2.20. The summed E-state index contributed by atoms with van der Waals surface area (Å²) in [6.07, 6.45) is 0.0448. The molecule has 3 rings (SSSR count). The van der Waals surface area contributed by atoms with Crippen molar-refractivity contribution in [3.63, 3.8) is 0 Å². The Balaban J connectivity index is 1.42. The van der Waals surface area contributed by atoms with Crippen molar-refractivity contribution in [1.29, 1.82) is 0 Å². The van der Waals surface area contributed by atoms with E-state index in [1.54, 1.807) is 27.7 Å². The summed E-state index contributed by atoms with van der Waals surface area (Å²) in [5.41, 5.74) is 3.84. The number of rotatable bonds is 12. The third-order valence-electron chi connectivity index (χ3n) is 6.71. The quantitative estimate of drug-likeness (QED) is 0.361. The van der Waals surface area contributed by atoms with Gasteiger partial charge in [-0.3, -0.25) is 14.4 Å². The number of Topliss-reactive ketones (excluding diaryl/α,β-unsaturated/α-hetero) is 1. The van der Waals surface area contributed by atoms with Crippen molar-refractivity contribution in [1.82, 2.24) is 5.32 Å². The van der Waals surface area contributed by atoms with Crippen LogP contribution in [0.2, 0.25) is 0 Å². The first-order valence-electron chi connectivity index (χ1n) is 13.0. The Bertz CT molecular complexity index is 1120. The average molecular weight is 524 g/mol. The van der Waals surface area contributed by atoms with Crippen LogP contribution in [0.1, 0.15) is 70.4 Å². The monoisotopic (exact) mass is 523 g/mol. The smallest absolute Gasteiger partial charge is 0.407 e. The molecular weight excluding hydrogens is 486 g/mol. The van der Waals surface area contributed by atoms with E-state index in [-0.39, 0.29) is 44.1 Å². The number of aliphatic carboxylic acids is 1. The number of benzene rings is 2. The van der Waals surface area contributed by atoms with E-state index in [0.717, 1.165) is 22.3 Å². The predicted octanol–water partition coefficient (Wildman–Crippen LogP) is 5.33. The highest BCUT2D eigenvalue weighted by molar-refractivity contribution is 5.86. The molecule has 0 spiro atoms. The summed E-state index contributed by atoms with van der Waals surface area (Å²) in [4.78, 5) is 48.4. The third-order valence-corrected chi connectivity index (χ3v) is 6.71. The molecule has 0 heterocycles. The van der Waals surface area contributed by atoms with E-state index < -0.39 is 35.5 Å². The van der Waals surface area contributed by atoms with E-state index in [0.29, 0.717) is 6.42 Å². The fourth-order valence-electron chi connectivity index (χ4n) is 4.67. The number of alkyl carbamates (subject to hydrolysis) is 1. The Morgan fingerprint density at radius 2 is 1.50 bits per heavy atom. The van der Waals surface area contributed by atoms with Crippen LogP contribution in [-0.4, -0.2) is 47.7 Å². The Kier molecular flexibility index (Phi) is 9.66. The van der Waals surface area contributed by atoms with Crippen molar-refractivity contribution >= 4 is 23.8 Å². The van der Waals surface area contributed by atoms with Gasteiger partial charge in [0.2, 0.25) is 0 Å². The second-order valence-electron chi connectivity index (χ2n) is 10.8. The number of carbonyl (C=O) groups is 4. The molecule has 2 aromatic carbocycles. The Labute approximate surface area is 223 Å². The number of carboxylic acid groups (broad SMARTS) is 1. The molecule has 38 heavy (non-hydrogen) atoms. The minimum Gasteiger partial charge on any atom is -0.481 e. The first kappa shape index (κ1) is 28.9. The largest absolute Gasteiger partial charge is 0.481 e. The lowest BCUT2D eigenvalue weighted by Crippen LogP contribution is -2.33. The van der Waals surface area contributed by atoms with Crippen LogP contribution in [0.15, 0.2) is 48.5 Å². The zero-order chi connectivity index (χ0) is 27.9. The van der Waals surface area contributed by atoms with Gasteiger partial charge < -0.3 is 19.9 Å². The van der Waals surface area contributed by atoms with E-state index >= 15 is 0 Å². The van der Waals surface area contributed by atoms with Crippen LogP contribution in [0.5, 0.6) is 0 Å². The molecule has 1 amide bonds. The van der Waals surface area contributed by atoms with Crippen LogP contribution < -0.4 is 5.32 Å². The Hall–Kier alpha value is -3.68. The molecule has 2 atom stereocenters. The average Bonchev–Trinajstić information content (AvgIpc) is 3.18. The van der Waals surface area contributed by atoms with Crippen LogP contribution >= 0.6 is 0 Å². The number of fused-ring (bicyclic) bond motifs is 3. The van der Waals surface area contributed by atoms with E-state index in [1.165, 1.54) is 0 Å². The molecule has 0 aromatic heterocycles. The summed E-state index contributed by atoms with van der Waals surface area (Å²) in [5, 5.41) is 12.0. The van der Waals surface area contributed by atoms with Gasteiger partial charge in [0.15, 0.2) is 5.78 Å². The van der Waals surface area contributed by atoms with E-state index in [9.17, 15) is 24.3 Å². The lowest BCUT2D eigenvalue weighted by atomic mass is 9.91. The van der Waals surface area contributed by atoms with E-state index in [2.05, 4.69) is 17.4 Å². The van der Waals surface area contributed by atoms with Crippen LogP contribution in [-0.2, 0) is 23.9 Å². The number of carbonyl (C=O) groups excluding carboxylic acids is 3.